The van der Waals surface area contributed by atoms with Crippen molar-refractivity contribution in [3.05, 3.63) is 0 Å². The van der Waals surface area contributed by atoms with E-state index >= 15 is 0 Å². The fourth-order valence-electron chi connectivity index (χ4n) is 0.482. The number of nitriles is 1. The van der Waals surface area contributed by atoms with Crippen LogP contribution in [0.1, 0.15) is 6.42 Å². The van der Waals surface area contributed by atoms with Gasteiger partial charge in [0.2, 0.25) is 0 Å². The van der Waals surface area contributed by atoms with E-state index < -0.39 is 31.0 Å². The summed E-state index contributed by atoms with van der Waals surface area (Å²) in [5.41, 5.74) is 5.09. The Bertz CT molecular complexity index is 220. The monoisotopic (exact) mass is 172 g/mol. The molecular weight excluding hydrogens is 164 g/mol. The fourth-order valence-corrected chi connectivity index (χ4v) is 0.482. The van der Waals surface area contributed by atoms with Gasteiger partial charge < -0.3 is 15.6 Å². The number of carboxylic acid groups (broad SMARTS) is 1. The lowest BCUT2D eigenvalue weighted by Crippen LogP contribution is -2.34. The zero-order valence-corrected chi connectivity index (χ0v) is 6.19. The first kappa shape index (κ1) is 10.4. The number of nitrogens with zero attached hydrogens (tertiary/aromatic N) is 1. The minimum absolute atomic E-state index is 0.411. The molecule has 6 heteroatoms. The highest BCUT2D eigenvalue weighted by atomic mass is 16.5. The second kappa shape index (κ2) is 5.09. The van der Waals surface area contributed by atoms with Crippen molar-refractivity contribution in [1.29, 1.82) is 5.26 Å². The van der Waals surface area contributed by atoms with Crippen LogP contribution < -0.4 is 5.73 Å². The zero-order valence-electron chi connectivity index (χ0n) is 6.19. The van der Waals surface area contributed by atoms with E-state index in [0.29, 0.717) is 0 Å². The van der Waals surface area contributed by atoms with E-state index in [0.717, 1.165) is 0 Å². The highest BCUT2D eigenvalue weighted by Gasteiger charge is 2.17. The number of carboxylic acids is 1. The molecule has 12 heavy (non-hydrogen) atoms. The van der Waals surface area contributed by atoms with Gasteiger partial charge in [0.1, 0.15) is 12.1 Å². The van der Waals surface area contributed by atoms with Gasteiger partial charge in [0, 0.05) is 0 Å². The number of esters is 1. The van der Waals surface area contributed by atoms with E-state index in [-0.39, 0.29) is 0 Å². The van der Waals surface area contributed by atoms with Crippen molar-refractivity contribution < 1.29 is 19.4 Å². The Balaban J connectivity index is 3.78. The molecule has 0 aromatic rings. The lowest BCUT2D eigenvalue weighted by Gasteiger charge is -2.05. The van der Waals surface area contributed by atoms with Gasteiger partial charge in [-0.1, -0.05) is 0 Å². The van der Waals surface area contributed by atoms with Crippen LogP contribution in [-0.4, -0.2) is 29.7 Å². The molecule has 0 bridgehead atoms. The van der Waals surface area contributed by atoms with Crippen LogP contribution >= 0.6 is 0 Å². The molecule has 0 aliphatic rings. The Labute approximate surface area is 68.5 Å². The molecule has 0 heterocycles. The topological polar surface area (TPSA) is 113 Å². The minimum atomic E-state index is -1.20. The van der Waals surface area contributed by atoms with Crippen LogP contribution in [0.4, 0.5) is 0 Å². The molecule has 6 nitrogen and oxygen atoms in total. The summed E-state index contributed by atoms with van der Waals surface area (Å²) in [4.78, 5) is 20.7. The number of rotatable bonds is 4. The molecule has 0 spiro atoms. The molecule has 66 valence electrons. The summed E-state index contributed by atoms with van der Waals surface area (Å²) in [5, 5.41) is 16.2. The van der Waals surface area contributed by atoms with Crippen LogP contribution in [0.25, 0.3) is 0 Å². The van der Waals surface area contributed by atoms with E-state index in [1.165, 1.54) is 0 Å². The lowest BCUT2D eigenvalue weighted by atomic mass is 10.2. The molecule has 0 aliphatic heterocycles. The summed E-state index contributed by atoms with van der Waals surface area (Å²) >= 11 is 0. The van der Waals surface area contributed by atoms with Gasteiger partial charge in [0.25, 0.3) is 0 Å². The third kappa shape index (κ3) is 4.24. The molecule has 1 atom stereocenters. The highest BCUT2D eigenvalue weighted by molar-refractivity contribution is 5.81. The van der Waals surface area contributed by atoms with Crippen LogP contribution in [0, 0.1) is 11.3 Å². The minimum Gasteiger partial charge on any atom is -0.481 e. The number of hydrogen-bond acceptors (Lipinski definition) is 5. The van der Waals surface area contributed by atoms with Crippen molar-refractivity contribution in [2.75, 3.05) is 6.61 Å². The summed E-state index contributed by atoms with van der Waals surface area (Å²) in [7, 11) is 0. The summed E-state index contributed by atoms with van der Waals surface area (Å²) in [6, 6.07) is 0.362. The van der Waals surface area contributed by atoms with Crippen molar-refractivity contribution in [3.63, 3.8) is 0 Å². The summed E-state index contributed by atoms with van der Waals surface area (Å²) < 4.78 is 4.27. The van der Waals surface area contributed by atoms with Gasteiger partial charge in [-0.2, -0.15) is 5.26 Å². The first-order valence-electron chi connectivity index (χ1n) is 3.09. The number of aliphatic carboxylic acids is 1. The standard InChI is InChI=1S/C6H8N2O4/c7-1-2-12-6(11)4(8)3-5(9)10/h4H,2-3,8H2,(H,9,10)/t4-/m0/s1. The second-order valence-electron chi connectivity index (χ2n) is 1.97. The van der Waals surface area contributed by atoms with Crippen LogP contribution in [0.15, 0.2) is 0 Å². The second-order valence-corrected chi connectivity index (χ2v) is 1.97. The van der Waals surface area contributed by atoms with E-state index in [4.69, 9.17) is 16.1 Å². The van der Waals surface area contributed by atoms with Crippen LogP contribution in [0.3, 0.4) is 0 Å². The molecule has 0 saturated heterocycles. The van der Waals surface area contributed by atoms with Crippen LogP contribution in [-0.2, 0) is 14.3 Å². The van der Waals surface area contributed by atoms with Crippen molar-refractivity contribution in [1.82, 2.24) is 0 Å². The molecule has 0 fully saturated rings. The fraction of sp³-hybridized carbons (Fsp3) is 0.500. The van der Waals surface area contributed by atoms with Crippen molar-refractivity contribution >= 4 is 11.9 Å². The molecule has 3 N–H and O–H groups in total. The van der Waals surface area contributed by atoms with E-state index in [1.807, 2.05) is 0 Å². The Kier molecular flexibility index (Phi) is 4.41. The molecule has 0 aromatic heterocycles. The number of hydrogen-bond donors (Lipinski definition) is 2. The molecule has 0 aliphatic carbocycles. The molecular formula is C6H8N2O4. The third-order valence-corrected chi connectivity index (χ3v) is 0.976. The maximum absolute atomic E-state index is 10.7. The number of carbonyl (C=O) groups is 2. The van der Waals surface area contributed by atoms with Gasteiger partial charge in [-0.3, -0.25) is 9.59 Å². The Morgan fingerprint density at radius 1 is 1.67 bits per heavy atom. The van der Waals surface area contributed by atoms with Crippen LogP contribution in [0.2, 0.25) is 0 Å². The van der Waals surface area contributed by atoms with Gasteiger partial charge in [-0.25, -0.2) is 0 Å². The Morgan fingerprint density at radius 2 is 2.25 bits per heavy atom. The SMILES string of the molecule is N#CCOC(=O)[C@@H](N)CC(=O)O. The number of carbonyl (C=O) groups excluding carboxylic acids is 1. The lowest BCUT2D eigenvalue weighted by molar-refractivity contribution is -0.148. The highest BCUT2D eigenvalue weighted by Crippen LogP contribution is 1.91. The van der Waals surface area contributed by atoms with Gasteiger partial charge in [-0.05, 0) is 0 Å². The smallest absolute Gasteiger partial charge is 0.324 e. The molecule has 0 radical (unpaired) electrons. The van der Waals surface area contributed by atoms with E-state index in [9.17, 15) is 9.59 Å². The van der Waals surface area contributed by atoms with Gasteiger partial charge in [0.05, 0.1) is 6.42 Å². The Hall–Kier alpha value is -1.61. The maximum atomic E-state index is 10.7. The summed E-state index contributed by atoms with van der Waals surface area (Å²) in [6.45, 7) is -0.411. The van der Waals surface area contributed by atoms with E-state index in [2.05, 4.69) is 4.74 Å². The summed E-state index contributed by atoms with van der Waals surface area (Å²) in [6.07, 6.45) is -0.496. The molecule has 0 amide bonds. The predicted octanol–water partition coefficient (Wildman–Crippen LogP) is -1.14. The molecule has 0 rings (SSSR count). The summed E-state index contributed by atoms with van der Waals surface area (Å²) in [5.74, 6) is -2.06. The largest absolute Gasteiger partial charge is 0.481 e. The maximum Gasteiger partial charge on any atom is 0.324 e. The normalized spacial score (nSPS) is 11.3. The average molecular weight is 172 g/mol. The first-order valence-corrected chi connectivity index (χ1v) is 3.09. The van der Waals surface area contributed by atoms with Crippen LogP contribution in [0.5, 0.6) is 0 Å². The van der Waals surface area contributed by atoms with E-state index in [1.54, 1.807) is 6.07 Å². The van der Waals surface area contributed by atoms with Gasteiger partial charge >= 0.3 is 11.9 Å². The van der Waals surface area contributed by atoms with Crippen molar-refractivity contribution in [2.24, 2.45) is 5.73 Å². The third-order valence-electron chi connectivity index (χ3n) is 0.976. The number of ether oxygens (including phenoxy) is 1. The van der Waals surface area contributed by atoms with Gasteiger partial charge in [-0.15, -0.1) is 0 Å². The Morgan fingerprint density at radius 3 is 2.67 bits per heavy atom. The van der Waals surface area contributed by atoms with Gasteiger partial charge in [0.15, 0.2) is 6.61 Å². The quantitative estimate of drug-likeness (QED) is 0.518. The molecule has 0 unspecified atom stereocenters. The number of nitrogens with two attached hydrogens (primary N) is 1. The molecule has 0 saturated carbocycles. The predicted molar refractivity (Wildman–Crippen MR) is 36.8 cm³/mol. The first-order chi connectivity index (χ1) is 5.57. The zero-order chi connectivity index (χ0) is 9.56. The average Bonchev–Trinajstić information content (AvgIpc) is 1.98. The van der Waals surface area contributed by atoms with Crippen molar-refractivity contribution in [2.45, 2.75) is 12.5 Å². The molecule has 0 aromatic carbocycles. The van der Waals surface area contributed by atoms with Crippen molar-refractivity contribution in [3.8, 4) is 6.07 Å².